The fourth-order valence-electron chi connectivity index (χ4n) is 0.817. The molecule has 1 atom stereocenters. The molecule has 0 amide bonds. The van der Waals surface area contributed by atoms with E-state index in [4.69, 9.17) is 12.3 Å². The summed E-state index contributed by atoms with van der Waals surface area (Å²) in [6.07, 6.45) is -0.583. The van der Waals surface area contributed by atoms with E-state index < -0.39 is 31.9 Å². The van der Waals surface area contributed by atoms with Crippen molar-refractivity contribution in [1.82, 2.24) is 0 Å². The Morgan fingerprint density at radius 2 is 2.46 bits per heavy atom. The fraction of sp³-hybridized carbons (Fsp3) is 0.909. The van der Waals surface area contributed by atoms with Crippen molar-refractivity contribution in [3.63, 3.8) is 0 Å². The van der Waals surface area contributed by atoms with Crippen LogP contribution in [0, 0.1) is 5.89 Å². The Morgan fingerprint density at radius 3 is 3.08 bits per heavy atom. The first-order valence-electron chi connectivity index (χ1n) is 8.90. The van der Waals surface area contributed by atoms with E-state index in [1.165, 1.54) is 0 Å². The minimum absolute atomic E-state index is 0.174. The van der Waals surface area contributed by atoms with Gasteiger partial charge in [0, 0.05) is 12.3 Å². The molecule has 0 fully saturated rings. The zero-order valence-electron chi connectivity index (χ0n) is 16.9. The average Bonchev–Trinajstić information content (AvgIpc) is 2.34. The van der Waals surface area contributed by atoms with Crippen molar-refractivity contribution in [3.05, 3.63) is 0 Å². The summed E-state index contributed by atoms with van der Waals surface area (Å²) in [5.74, 6) is -5.19. The Hall–Kier alpha value is -0.530. The second-order valence-electron chi connectivity index (χ2n) is 2.70. The normalized spacial score (nSPS) is 28.2. The molecule has 0 N–H and O–H groups in total. The molecule has 2 nitrogen and oxygen atoms in total. The maximum absolute atomic E-state index is 12.0. The lowest BCUT2D eigenvalue weighted by molar-refractivity contribution is -0.148. The molecule has 0 aliphatic carbocycles. The Morgan fingerprint density at radius 1 is 1.62 bits per heavy atom. The highest BCUT2D eigenvalue weighted by molar-refractivity contribution is 5.71. The SMILES string of the molecule is [2H]C([2H])([2H])C([2H])([2H])C([2H])(C(=O)OCCCCCC)C([2H])([2H])[2H]. The quantitative estimate of drug-likeness (QED) is 0.461. The predicted molar refractivity (Wildman–Crippen MR) is 54.6 cm³/mol. The van der Waals surface area contributed by atoms with E-state index in [0.717, 1.165) is 19.3 Å². The predicted octanol–water partition coefficient (Wildman–Crippen LogP) is 3.16. The number of ether oxygens (including phenoxy) is 1. The Labute approximate surface area is 94.3 Å². The van der Waals surface area contributed by atoms with Crippen molar-refractivity contribution >= 4 is 5.97 Å². The van der Waals surface area contributed by atoms with Gasteiger partial charge in [-0.15, -0.1) is 0 Å². The van der Waals surface area contributed by atoms with Crippen molar-refractivity contribution in [2.24, 2.45) is 5.89 Å². The molecular weight excluding hydrogens is 164 g/mol. The highest BCUT2D eigenvalue weighted by Crippen LogP contribution is 2.05. The number of carbonyl (C=O) groups excluding carboxylic acids is 1. The highest BCUT2D eigenvalue weighted by Gasteiger charge is 2.10. The van der Waals surface area contributed by atoms with E-state index in [9.17, 15) is 4.79 Å². The average molecular weight is 195 g/mol. The van der Waals surface area contributed by atoms with Crippen LogP contribution in [0.4, 0.5) is 0 Å². The lowest BCUT2D eigenvalue weighted by Crippen LogP contribution is -2.14. The number of unbranched alkanes of at least 4 members (excludes halogenated alkanes) is 3. The summed E-state index contributed by atoms with van der Waals surface area (Å²) < 4.78 is 70.6. The Kier molecular flexibility index (Phi) is 2.44. The van der Waals surface area contributed by atoms with E-state index >= 15 is 0 Å². The second-order valence-corrected chi connectivity index (χ2v) is 2.70. The lowest BCUT2D eigenvalue weighted by atomic mass is 10.1. The van der Waals surface area contributed by atoms with Crippen molar-refractivity contribution in [2.75, 3.05) is 6.61 Å². The van der Waals surface area contributed by atoms with Gasteiger partial charge in [0.1, 0.15) is 0 Å². The summed E-state index contributed by atoms with van der Waals surface area (Å²) in [6, 6.07) is 0. The van der Waals surface area contributed by atoms with Gasteiger partial charge in [-0.1, -0.05) is 39.9 Å². The van der Waals surface area contributed by atoms with Crippen molar-refractivity contribution < 1.29 is 21.9 Å². The molecule has 0 radical (unpaired) electrons. The standard InChI is InChI=1S/C11H22O2/c1-4-6-7-8-9-13-11(12)10(3)5-2/h10H,4-9H2,1-3H3/i2D3,3D3,5D2,10D. The molecule has 0 aliphatic heterocycles. The molecule has 13 heavy (non-hydrogen) atoms. The van der Waals surface area contributed by atoms with E-state index in [-0.39, 0.29) is 6.61 Å². The van der Waals surface area contributed by atoms with Gasteiger partial charge in [0.05, 0.1) is 12.5 Å². The summed E-state index contributed by atoms with van der Waals surface area (Å²) in [6.45, 7) is -5.14. The van der Waals surface area contributed by atoms with Crippen LogP contribution < -0.4 is 0 Å². The third-order valence-corrected chi connectivity index (χ3v) is 1.56. The third-order valence-electron chi connectivity index (χ3n) is 1.56. The third kappa shape index (κ3) is 6.62. The topological polar surface area (TPSA) is 26.3 Å². The lowest BCUT2D eigenvalue weighted by Gasteiger charge is -2.08. The van der Waals surface area contributed by atoms with Gasteiger partial charge in [0.15, 0.2) is 0 Å². The molecule has 0 heterocycles. The number of rotatable bonds is 7. The molecule has 0 saturated carbocycles. The molecule has 2 heteroatoms. The maximum atomic E-state index is 12.0. The van der Waals surface area contributed by atoms with Crippen molar-refractivity contribution in [2.45, 2.75) is 52.7 Å². The highest BCUT2D eigenvalue weighted by atomic mass is 16.5. The number of esters is 1. The minimum Gasteiger partial charge on any atom is -0.465 e. The monoisotopic (exact) mass is 195 g/mol. The molecule has 0 rings (SSSR count). The van der Waals surface area contributed by atoms with E-state index in [1.54, 1.807) is 0 Å². The van der Waals surface area contributed by atoms with Crippen LogP contribution >= 0.6 is 0 Å². The largest absolute Gasteiger partial charge is 0.465 e. The molecule has 0 aromatic heterocycles. The molecule has 78 valence electrons. The fourth-order valence-corrected chi connectivity index (χ4v) is 0.817. The van der Waals surface area contributed by atoms with Crippen LogP contribution in [0.15, 0.2) is 0 Å². The molecule has 0 spiro atoms. The number of hydrogen-bond acceptors (Lipinski definition) is 2. The van der Waals surface area contributed by atoms with Crippen molar-refractivity contribution in [1.29, 1.82) is 0 Å². The van der Waals surface area contributed by atoms with E-state index in [0.29, 0.717) is 6.42 Å². The first-order chi connectivity index (χ1) is 9.73. The van der Waals surface area contributed by atoms with Gasteiger partial charge >= 0.3 is 5.97 Å². The summed E-state index contributed by atoms with van der Waals surface area (Å²) in [7, 11) is 0. The molecule has 0 aromatic rings. The van der Waals surface area contributed by atoms with Crippen LogP contribution in [0.3, 0.4) is 0 Å². The molecular formula is C11H22O2. The van der Waals surface area contributed by atoms with E-state index in [2.05, 4.69) is 4.74 Å². The Balaban J connectivity index is 5.27. The van der Waals surface area contributed by atoms with Gasteiger partial charge in [-0.05, 0) is 12.8 Å². The van der Waals surface area contributed by atoms with Crippen LogP contribution in [0.1, 0.15) is 65.0 Å². The summed E-state index contributed by atoms with van der Waals surface area (Å²) >= 11 is 0. The van der Waals surface area contributed by atoms with Crippen LogP contribution in [0.2, 0.25) is 0 Å². The van der Waals surface area contributed by atoms with Gasteiger partial charge in [0.25, 0.3) is 0 Å². The second kappa shape index (κ2) is 8.09. The van der Waals surface area contributed by atoms with Crippen LogP contribution in [0.25, 0.3) is 0 Å². The number of hydrogen-bond donors (Lipinski definition) is 0. The van der Waals surface area contributed by atoms with Gasteiger partial charge in [-0.25, -0.2) is 0 Å². The molecule has 0 aliphatic rings. The smallest absolute Gasteiger partial charge is 0.308 e. The summed E-state index contributed by atoms with van der Waals surface area (Å²) in [5.41, 5.74) is 0. The van der Waals surface area contributed by atoms with Gasteiger partial charge in [0.2, 0.25) is 0 Å². The molecule has 0 bridgehead atoms. The van der Waals surface area contributed by atoms with Gasteiger partial charge in [-0.3, -0.25) is 4.79 Å². The van der Waals surface area contributed by atoms with E-state index in [1.807, 2.05) is 6.92 Å². The Bertz CT molecular complexity index is 375. The minimum atomic E-state index is -3.58. The maximum Gasteiger partial charge on any atom is 0.308 e. The summed E-state index contributed by atoms with van der Waals surface area (Å²) in [4.78, 5) is 12.0. The molecule has 0 aromatic carbocycles. The first kappa shape index (κ1) is 3.92. The molecule has 1 unspecified atom stereocenters. The van der Waals surface area contributed by atoms with Crippen LogP contribution in [-0.4, -0.2) is 12.6 Å². The zero-order chi connectivity index (χ0) is 17.8. The molecule has 0 saturated heterocycles. The first-order valence-corrected chi connectivity index (χ1v) is 4.40. The number of carbonyl (C=O) groups is 1. The van der Waals surface area contributed by atoms with Crippen LogP contribution in [0.5, 0.6) is 0 Å². The van der Waals surface area contributed by atoms with Crippen LogP contribution in [-0.2, 0) is 9.53 Å². The zero-order valence-corrected chi connectivity index (χ0v) is 7.85. The summed E-state index contributed by atoms with van der Waals surface area (Å²) in [5, 5.41) is 0. The van der Waals surface area contributed by atoms with Gasteiger partial charge < -0.3 is 4.74 Å². The van der Waals surface area contributed by atoms with Gasteiger partial charge in [-0.2, -0.15) is 0 Å². The van der Waals surface area contributed by atoms with Crippen molar-refractivity contribution in [3.8, 4) is 0 Å².